The lowest BCUT2D eigenvalue weighted by molar-refractivity contribution is -0.121. The molecule has 2 N–H and O–H groups in total. The van der Waals surface area contributed by atoms with Crippen molar-refractivity contribution < 1.29 is 9.53 Å². The topological polar surface area (TPSA) is 55.6 Å². The molecule has 4 heteroatoms. The Hall–Kier alpha value is -1.71. The summed E-state index contributed by atoms with van der Waals surface area (Å²) in [6.07, 6.45) is 2.24. The Morgan fingerprint density at radius 2 is 2.28 bits per heavy atom. The lowest BCUT2D eigenvalue weighted by Crippen LogP contribution is -2.41. The molecule has 1 atom stereocenters. The first kappa shape index (κ1) is 12.7. The number of nitrogen functional groups attached to an aromatic ring is 1. The molecule has 18 heavy (non-hydrogen) atoms. The van der Waals surface area contributed by atoms with Gasteiger partial charge in [-0.05, 0) is 30.5 Å². The Bertz CT molecular complexity index is 445. The normalized spacial score (nSPS) is 16.1. The molecule has 1 aliphatic rings. The highest BCUT2D eigenvalue weighted by atomic mass is 16.5. The van der Waals surface area contributed by atoms with Crippen molar-refractivity contribution in [1.82, 2.24) is 0 Å². The first-order valence-corrected chi connectivity index (χ1v) is 6.44. The van der Waals surface area contributed by atoms with Gasteiger partial charge in [-0.2, -0.15) is 0 Å². The molecule has 4 nitrogen and oxygen atoms in total. The van der Waals surface area contributed by atoms with E-state index >= 15 is 0 Å². The molecule has 0 saturated heterocycles. The van der Waals surface area contributed by atoms with Gasteiger partial charge in [0.05, 0.1) is 5.69 Å². The van der Waals surface area contributed by atoms with Crippen molar-refractivity contribution in [2.45, 2.75) is 26.7 Å². The second-order valence-corrected chi connectivity index (χ2v) is 4.91. The van der Waals surface area contributed by atoms with Crippen LogP contribution < -0.4 is 15.4 Å². The molecule has 0 bridgehead atoms. The summed E-state index contributed by atoms with van der Waals surface area (Å²) in [4.78, 5) is 13.8. The summed E-state index contributed by atoms with van der Waals surface area (Å²) in [5.41, 5.74) is 7.24. The maximum absolute atomic E-state index is 12.0. The smallest absolute Gasteiger partial charge is 0.265 e. The van der Waals surface area contributed by atoms with Crippen molar-refractivity contribution in [3.05, 3.63) is 18.2 Å². The van der Waals surface area contributed by atoms with Crippen LogP contribution in [0.3, 0.4) is 0 Å². The van der Waals surface area contributed by atoms with Crippen molar-refractivity contribution in [2.75, 3.05) is 23.8 Å². The first-order chi connectivity index (χ1) is 8.61. The van der Waals surface area contributed by atoms with E-state index in [0.717, 1.165) is 30.8 Å². The molecule has 0 aliphatic carbocycles. The average molecular weight is 248 g/mol. The number of rotatable bonds is 4. The van der Waals surface area contributed by atoms with E-state index in [4.69, 9.17) is 10.5 Å². The molecule has 0 spiro atoms. The highest BCUT2D eigenvalue weighted by Crippen LogP contribution is 2.34. The molecule has 0 radical (unpaired) electrons. The summed E-state index contributed by atoms with van der Waals surface area (Å²) >= 11 is 0. The molecule has 0 saturated carbocycles. The zero-order valence-electron chi connectivity index (χ0n) is 11.0. The molecular weight excluding hydrogens is 228 g/mol. The van der Waals surface area contributed by atoms with Crippen molar-refractivity contribution in [1.29, 1.82) is 0 Å². The van der Waals surface area contributed by atoms with E-state index < -0.39 is 0 Å². The molecule has 1 heterocycles. The Kier molecular flexibility index (Phi) is 3.75. The summed E-state index contributed by atoms with van der Waals surface area (Å²) in [7, 11) is 0. The minimum atomic E-state index is 0.0102. The lowest BCUT2D eigenvalue weighted by atomic mass is 10.0. The standard InChI is InChI=1S/C14H20N2O2/c1-3-4-10(2)8-16-12-7-11(15)5-6-13(12)18-9-14(16)17/h5-7,10H,3-4,8-9,15H2,1-2H3. The Labute approximate surface area is 108 Å². The molecular formula is C14H20N2O2. The third-order valence-electron chi connectivity index (χ3n) is 3.20. The van der Waals surface area contributed by atoms with Gasteiger partial charge in [0.1, 0.15) is 5.75 Å². The zero-order valence-corrected chi connectivity index (χ0v) is 11.0. The van der Waals surface area contributed by atoms with Crippen LogP contribution >= 0.6 is 0 Å². The zero-order chi connectivity index (χ0) is 13.1. The summed E-state index contributed by atoms with van der Waals surface area (Å²) in [6, 6.07) is 5.43. The van der Waals surface area contributed by atoms with Crippen LogP contribution in [-0.4, -0.2) is 19.1 Å². The quantitative estimate of drug-likeness (QED) is 0.833. The third kappa shape index (κ3) is 2.58. The van der Waals surface area contributed by atoms with E-state index in [2.05, 4.69) is 13.8 Å². The summed E-state index contributed by atoms with van der Waals surface area (Å²) in [6.45, 7) is 5.17. The third-order valence-corrected chi connectivity index (χ3v) is 3.20. The van der Waals surface area contributed by atoms with Gasteiger partial charge in [-0.1, -0.05) is 20.3 Å². The van der Waals surface area contributed by atoms with Crippen LogP contribution in [0.2, 0.25) is 0 Å². The van der Waals surface area contributed by atoms with E-state index in [1.54, 1.807) is 11.0 Å². The van der Waals surface area contributed by atoms with E-state index in [9.17, 15) is 4.79 Å². The van der Waals surface area contributed by atoms with Crippen molar-refractivity contribution >= 4 is 17.3 Å². The van der Waals surface area contributed by atoms with Crippen LogP contribution in [0.15, 0.2) is 18.2 Å². The van der Waals surface area contributed by atoms with E-state index in [-0.39, 0.29) is 12.5 Å². The summed E-state index contributed by atoms with van der Waals surface area (Å²) < 4.78 is 5.42. The average Bonchev–Trinajstić information content (AvgIpc) is 2.33. The maximum atomic E-state index is 12.0. The summed E-state index contributed by atoms with van der Waals surface area (Å²) in [5, 5.41) is 0. The fourth-order valence-electron chi connectivity index (χ4n) is 2.32. The number of fused-ring (bicyclic) bond motifs is 1. The number of carbonyl (C=O) groups is 1. The molecule has 0 fully saturated rings. The lowest BCUT2D eigenvalue weighted by Gasteiger charge is -2.31. The number of hydrogen-bond acceptors (Lipinski definition) is 3. The van der Waals surface area contributed by atoms with Crippen LogP contribution in [0, 0.1) is 5.92 Å². The van der Waals surface area contributed by atoms with Crippen molar-refractivity contribution in [3.63, 3.8) is 0 Å². The molecule has 1 unspecified atom stereocenters. The summed E-state index contributed by atoms with van der Waals surface area (Å²) in [5.74, 6) is 1.23. The van der Waals surface area contributed by atoms with E-state index in [1.165, 1.54) is 0 Å². The Morgan fingerprint density at radius 1 is 1.50 bits per heavy atom. The van der Waals surface area contributed by atoms with Gasteiger partial charge < -0.3 is 15.4 Å². The maximum Gasteiger partial charge on any atom is 0.265 e. The van der Waals surface area contributed by atoms with Gasteiger partial charge in [-0.3, -0.25) is 4.79 Å². The molecule has 2 rings (SSSR count). The monoisotopic (exact) mass is 248 g/mol. The SMILES string of the molecule is CCCC(C)CN1C(=O)COc2ccc(N)cc21. The minimum absolute atomic E-state index is 0.0102. The molecule has 0 aromatic heterocycles. The molecule has 1 aromatic rings. The van der Waals surface area contributed by atoms with Crippen LogP contribution in [0.4, 0.5) is 11.4 Å². The predicted octanol–water partition coefficient (Wildman–Crippen LogP) is 2.43. The van der Waals surface area contributed by atoms with Gasteiger partial charge in [0.25, 0.3) is 5.91 Å². The molecule has 1 aliphatic heterocycles. The highest BCUT2D eigenvalue weighted by molar-refractivity contribution is 5.98. The molecule has 1 amide bonds. The van der Waals surface area contributed by atoms with Gasteiger partial charge in [-0.25, -0.2) is 0 Å². The predicted molar refractivity (Wildman–Crippen MR) is 72.8 cm³/mol. The van der Waals surface area contributed by atoms with Gasteiger partial charge in [0, 0.05) is 12.2 Å². The Balaban J connectivity index is 2.24. The molecule has 98 valence electrons. The van der Waals surface area contributed by atoms with Crippen molar-refractivity contribution in [2.24, 2.45) is 5.92 Å². The molecule has 1 aromatic carbocycles. The van der Waals surface area contributed by atoms with Crippen LogP contribution in [0.5, 0.6) is 5.75 Å². The van der Waals surface area contributed by atoms with Gasteiger partial charge >= 0.3 is 0 Å². The number of ether oxygens (including phenoxy) is 1. The van der Waals surface area contributed by atoms with E-state index in [0.29, 0.717) is 11.6 Å². The number of nitrogens with two attached hydrogens (primary N) is 1. The van der Waals surface area contributed by atoms with Gasteiger partial charge in [-0.15, -0.1) is 0 Å². The minimum Gasteiger partial charge on any atom is -0.482 e. The van der Waals surface area contributed by atoms with Crippen LogP contribution in [-0.2, 0) is 4.79 Å². The fourth-order valence-corrected chi connectivity index (χ4v) is 2.32. The second kappa shape index (κ2) is 5.29. The van der Waals surface area contributed by atoms with Crippen LogP contribution in [0.25, 0.3) is 0 Å². The number of carbonyl (C=O) groups excluding carboxylic acids is 1. The van der Waals surface area contributed by atoms with Gasteiger partial charge in [0.15, 0.2) is 6.61 Å². The number of amides is 1. The number of nitrogens with zero attached hydrogens (tertiary/aromatic N) is 1. The number of anilines is 2. The number of benzene rings is 1. The van der Waals surface area contributed by atoms with Crippen LogP contribution in [0.1, 0.15) is 26.7 Å². The number of hydrogen-bond donors (Lipinski definition) is 1. The van der Waals surface area contributed by atoms with Crippen molar-refractivity contribution in [3.8, 4) is 5.75 Å². The van der Waals surface area contributed by atoms with Gasteiger partial charge in [0.2, 0.25) is 0 Å². The van der Waals surface area contributed by atoms with E-state index in [1.807, 2.05) is 12.1 Å². The highest BCUT2D eigenvalue weighted by Gasteiger charge is 2.26. The largest absolute Gasteiger partial charge is 0.482 e. The fraction of sp³-hybridized carbons (Fsp3) is 0.500. The Morgan fingerprint density at radius 3 is 3.00 bits per heavy atom. The second-order valence-electron chi connectivity index (χ2n) is 4.91. The first-order valence-electron chi connectivity index (χ1n) is 6.44.